The van der Waals surface area contributed by atoms with Crippen LogP contribution in [-0.4, -0.2) is 23.4 Å². The van der Waals surface area contributed by atoms with Crippen LogP contribution in [0.1, 0.15) is 24.8 Å². The highest BCUT2D eigenvalue weighted by molar-refractivity contribution is 6.30. The molecule has 0 aliphatic carbocycles. The monoisotopic (exact) mass is 252 g/mol. The summed E-state index contributed by atoms with van der Waals surface area (Å²) in [5, 5.41) is 0.732. The third-order valence-corrected chi connectivity index (χ3v) is 3.45. The number of likely N-dealkylation sites (tertiary alicyclic amines) is 1. The van der Waals surface area contributed by atoms with Crippen molar-refractivity contribution in [3.63, 3.8) is 0 Å². The number of nitrogens with two attached hydrogens (primary N) is 1. The molecule has 2 rings (SSSR count). The first-order valence-electron chi connectivity index (χ1n) is 5.94. The third kappa shape index (κ3) is 3.20. The number of hydrogen-bond acceptors (Lipinski definition) is 2. The standard InChI is InChI=1S/C13H17ClN2O/c14-11-5-3-4-10(8-11)9-16-7-2-1-6-12(16)13(15)17/h3-5,8,12H,1-2,6-7,9H2,(H2,15,17). The van der Waals surface area contributed by atoms with Crippen molar-refractivity contribution in [1.29, 1.82) is 0 Å². The van der Waals surface area contributed by atoms with E-state index in [1.54, 1.807) is 0 Å². The van der Waals surface area contributed by atoms with Crippen LogP contribution in [0.5, 0.6) is 0 Å². The Kier molecular flexibility index (Phi) is 4.02. The normalized spacial score (nSPS) is 21.4. The number of carbonyl (C=O) groups is 1. The topological polar surface area (TPSA) is 46.3 Å². The minimum Gasteiger partial charge on any atom is -0.368 e. The maximum absolute atomic E-state index is 11.4. The first-order valence-corrected chi connectivity index (χ1v) is 6.32. The molecule has 0 bridgehead atoms. The summed E-state index contributed by atoms with van der Waals surface area (Å²) in [6.07, 6.45) is 3.08. The average molecular weight is 253 g/mol. The zero-order chi connectivity index (χ0) is 12.3. The van der Waals surface area contributed by atoms with E-state index in [1.165, 1.54) is 0 Å². The Bertz CT molecular complexity index is 408. The number of primary amides is 1. The summed E-state index contributed by atoms with van der Waals surface area (Å²) in [7, 11) is 0. The van der Waals surface area contributed by atoms with E-state index in [9.17, 15) is 4.79 Å². The molecule has 1 aromatic rings. The van der Waals surface area contributed by atoms with E-state index in [2.05, 4.69) is 4.90 Å². The molecule has 1 unspecified atom stereocenters. The molecule has 1 amide bonds. The van der Waals surface area contributed by atoms with Gasteiger partial charge in [0.05, 0.1) is 6.04 Å². The molecule has 0 radical (unpaired) electrons. The molecule has 0 aromatic heterocycles. The summed E-state index contributed by atoms with van der Waals surface area (Å²) >= 11 is 5.95. The van der Waals surface area contributed by atoms with Crippen LogP contribution >= 0.6 is 11.6 Å². The Hall–Kier alpha value is -1.06. The molecule has 1 atom stereocenters. The van der Waals surface area contributed by atoms with E-state index in [-0.39, 0.29) is 11.9 Å². The summed E-state index contributed by atoms with van der Waals surface area (Å²) in [5.41, 5.74) is 6.56. The lowest BCUT2D eigenvalue weighted by atomic mass is 10.0. The largest absolute Gasteiger partial charge is 0.368 e. The number of hydrogen-bond donors (Lipinski definition) is 1. The minimum atomic E-state index is -0.216. The fourth-order valence-electron chi connectivity index (χ4n) is 2.37. The smallest absolute Gasteiger partial charge is 0.234 e. The van der Waals surface area contributed by atoms with E-state index in [0.29, 0.717) is 0 Å². The second-order valence-corrected chi connectivity index (χ2v) is 4.95. The number of halogens is 1. The molecule has 3 nitrogen and oxygen atoms in total. The molecule has 2 N–H and O–H groups in total. The van der Waals surface area contributed by atoms with Crippen molar-refractivity contribution in [2.24, 2.45) is 5.73 Å². The van der Waals surface area contributed by atoms with Crippen molar-refractivity contribution in [3.8, 4) is 0 Å². The Balaban J connectivity index is 2.08. The molecule has 1 heterocycles. The number of benzene rings is 1. The van der Waals surface area contributed by atoms with E-state index in [0.717, 1.165) is 42.9 Å². The molecule has 1 aliphatic heterocycles. The Morgan fingerprint density at radius 2 is 2.29 bits per heavy atom. The first-order chi connectivity index (χ1) is 8.16. The molecule has 17 heavy (non-hydrogen) atoms. The highest BCUT2D eigenvalue weighted by atomic mass is 35.5. The van der Waals surface area contributed by atoms with Crippen molar-refractivity contribution in [2.45, 2.75) is 31.8 Å². The summed E-state index contributed by atoms with van der Waals surface area (Å²) in [4.78, 5) is 13.5. The SMILES string of the molecule is NC(=O)C1CCCCN1Cc1cccc(Cl)c1. The van der Waals surface area contributed by atoms with Crippen LogP contribution in [0.25, 0.3) is 0 Å². The summed E-state index contributed by atoms with van der Waals surface area (Å²) in [5.74, 6) is -0.216. The molecule has 0 saturated carbocycles. The van der Waals surface area contributed by atoms with Crippen LogP contribution < -0.4 is 5.73 Å². The maximum Gasteiger partial charge on any atom is 0.234 e. The second-order valence-electron chi connectivity index (χ2n) is 4.51. The zero-order valence-corrected chi connectivity index (χ0v) is 10.5. The summed E-state index contributed by atoms with van der Waals surface area (Å²) < 4.78 is 0. The minimum absolute atomic E-state index is 0.122. The fraction of sp³-hybridized carbons (Fsp3) is 0.462. The van der Waals surface area contributed by atoms with E-state index >= 15 is 0 Å². The van der Waals surface area contributed by atoms with Crippen molar-refractivity contribution < 1.29 is 4.79 Å². The van der Waals surface area contributed by atoms with Gasteiger partial charge in [0.25, 0.3) is 0 Å². The van der Waals surface area contributed by atoms with Gasteiger partial charge in [0.1, 0.15) is 0 Å². The van der Waals surface area contributed by atoms with Gasteiger partial charge in [0.15, 0.2) is 0 Å². The van der Waals surface area contributed by atoms with Crippen molar-refractivity contribution in [3.05, 3.63) is 34.9 Å². The van der Waals surface area contributed by atoms with Crippen LogP contribution in [-0.2, 0) is 11.3 Å². The summed E-state index contributed by atoms with van der Waals surface area (Å²) in [6.45, 7) is 1.67. The Morgan fingerprint density at radius 3 is 3.00 bits per heavy atom. The van der Waals surface area contributed by atoms with E-state index < -0.39 is 0 Å². The Morgan fingerprint density at radius 1 is 1.47 bits per heavy atom. The van der Waals surface area contributed by atoms with Crippen LogP contribution in [0.4, 0.5) is 0 Å². The number of nitrogens with zero attached hydrogens (tertiary/aromatic N) is 1. The van der Waals surface area contributed by atoms with Gasteiger partial charge in [0, 0.05) is 11.6 Å². The average Bonchev–Trinajstić information content (AvgIpc) is 2.29. The van der Waals surface area contributed by atoms with E-state index in [1.807, 2.05) is 24.3 Å². The zero-order valence-electron chi connectivity index (χ0n) is 9.73. The number of carbonyl (C=O) groups excluding carboxylic acids is 1. The third-order valence-electron chi connectivity index (χ3n) is 3.22. The van der Waals surface area contributed by atoms with Crippen LogP contribution in [0.2, 0.25) is 5.02 Å². The molecule has 0 spiro atoms. The van der Waals surface area contributed by atoms with Gasteiger partial charge >= 0.3 is 0 Å². The number of rotatable bonds is 3. The van der Waals surface area contributed by atoms with Crippen LogP contribution in [0, 0.1) is 0 Å². The Labute approximate surface area is 107 Å². The first kappa shape index (κ1) is 12.4. The molecule has 4 heteroatoms. The second kappa shape index (κ2) is 5.52. The maximum atomic E-state index is 11.4. The van der Waals surface area contributed by atoms with Gasteiger partial charge in [-0.15, -0.1) is 0 Å². The predicted molar refractivity (Wildman–Crippen MR) is 68.7 cm³/mol. The van der Waals surface area contributed by atoms with Gasteiger partial charge in [-0.3, -0.25) is 9.69 Å². The van der Waals surface area contributed by atoms with Crippen molar-refractivity contribution in [1.82, 2.24) is 4.90 Å². The molecule has 92 valence electrons. The van der Waals surface area contributed by atoms with Crippen molar-refractivity contribution >= 4 is 17.5 Å². The van der Waals surface area contributed by atoms with Crippen LogP contribution in [0.15, 0.2) is 24.3 Å². The lowest BCUT2D eigenvalue weighted by molar-refractivity contribution is -0.124. The quantitative estimate of drug-likeness (QED) is 0.896. The summed E-state index contributed by atoms with van der Waals surface area (Å²) in [6, 6.07) is 7.63. The van der Waals surface area contributed by atoms with E-state index in [4.69, 9.17) is 17.3 Å². The predicted octanol–water partition coefficient (Wildman–Crippen LogP) is 2.18. The van der Waals surface area contributed by atoms with Gasteiger partial charge in [-0.25, -0.2) is 0 Å². The van der Waals surface area contributed by atoms with Gasteiger partial charge < -0.3 is 5.73 Å². The van der Waals surface area contributed by atoms with Gasteiger partial charge in [-0.1, -0.05) is 30.2 Å². The fourth-order valence-corrected chi connectivity index (χ4v) is 2.59. The number of amides is 1. The van der Waals surface area contributed by atoms with Gasteiger partial charge in [0.2, 0.25) is 5.91 Å². The lowest BCUT2D eigenvalue weighted by Gasteiger charge is -2.33. The number of piperidine rings is 1. The molecule has 1 aliphatic rings. The molecule has 1 fully saturated rings. The van der Waals surface area contributed by atoms with Gasteiger partial charge in [-0.05, 0) is 37.1 Å². The molecule has 1 saturated heterocycles. The van der Waals surface area contributed by atoms with Gasteiger partial charge in [-0.2, -0.15) is 0 Å². The molecular formula is C13H17ClN2O. The highest BCUT2D eigenvalue weighted by Gasteiger charge is 2.26. The van der Waals surface area contributed by atoms with Crippen molar-refractivity contribution in [2.75, 3.05) is 6.54 Å². The highest BCUT2D eigenvalue weighted by Crippen LogP contribution is 2.20. The molecule has 1 aromatic carbocycles. The molecular weight excluding hydrogens is 236 g/mol. The van der Waals surface area contributed by atoms with Crippen LogP contribution in [0.3, 0.4) is 0 Å². The lowest BCUT2D eigenvalue weighted by Crippen LogP contribution is -2.47.